The summed E-state index contributed by atoms with van der Waals surface area (Å²) in [6, 6.07) is 0. The van der Waals surface area contributed by atoms with Crippen LogP contribution in [-0.2, 0) is 4.84 Å². The van der Waals surface area contributed by atoms with Crippen molar-refractivity contribution in [1.29, 1.82) is 0 Å². The first kappa shape index (κ1) is 5.50. The molecule has 0 aromatic heterocycles. The fraction of sp³-hybridized carbons (Fsp3) is 0.500. The molecular weight excluding hydrogens is 124 g/mol. The van der Waals surface area contributed by atoms with Crippen molar-refractivity contribution in [3.05, 3.63) is 0 Å². The molecule has 0 aliphatic carbocycles. The van der Waals surface area contributed by atoms with E-state index in [4.69, 9.17) is 5.73 Å². The first-order valence-electron chi connectivity index (χ1n) is 2.29. The van der Waals surface area contributed by atoms with Crippen LogP contribution < -0.4 is 5.73 Å². The molecule has 0 atom stereocenters. The van der Waals surface area contributed by atoms with E-state index in [-0.39, 0.29) is 0 Å². The van der Waals surface area contributed by atoms with Crippen molar-refractivity contribution in [2.45, 2.75) is 6.42 Å². The fourth-order valence-corrected chi connectivity index (χ4v) is 0.619. The zero-order chi connectivity index (χ0) is 5.98. The van der Waals surface area contributed by atoms with Gasteiger partial charge in [0, 0.05) is 6.42 Å². The molecule has 44 valence electrons. The number of oxime groups is 1. The molecule has 0 bridgehead atoms. The highest BCUT2D eigenvalue weighted by Crippen LogP contribution is 1.98. The van der Waals surface area contributed by atoms with E-state index in [0.717, 1.165) is 6.42 Å². The van der Waals surface area contributed by atoms with E-state index in [1.165, 1.54) is 0 Å². The normalized spacial score (nSPS) is 17.2. The van der Waals surface area contributed by atoms with Crippen molar-refractivity contribution in [3.63, 3.8) is 0 Å². The van der Waals surface area contributed by atoms with E-state index in [9.17, 15) is 0 Å². The number of nitrogens with two attached hydrogens (primary N) is 1. The van der Waals surface area contributed by atoms with Crippen LogP contribution in [0.15, 0.2) is 5.16 Å². The average Bonchev–Trinajstić information content (AvgIpc) is 2.12. The van der Waals surface area contributed by atoms with Crippen LogP contribution in [-0.4, -0.2) is 17.3 Å². The molecule has 0 aromatic rings. The Labute approximate surface area is 52.5 Å². The van der Waals surface area contributed by atoms with Crippen LogP contribution in [0.2, 0.25) is 0 Å². The van der Waals surface area contributed by atoms with Gasteiger partial charge in [-0.1, -0.05) is 17.4 Å². The first-order valence-corrected chi connectivity index (χ1v) is 2.70. The lowest BCUT2D eigenvalue weighted by atomic mass is 10.3. The van der Waals surface area contributed by atoms with Gasteiger partial charge in [-0.25, -0.2) is 0 Å². The lowest BCUT2D eigenvalue weighted by Crippen LogP contribution is -2.18. The maximum atomic E-state index is 5.22. The van der Waals surface area contributed by atoms with E-state index >= 15 is 0 Å². The van der Waals surface area contributed by atoms with Crippen LogP contribution in [0, 0.1) is 0 Å². The zero-order valence-corrected chi connectivity index (χ0v) is 5.07. The van der Waals surface area contributed by atoms with E-state index in [1.807, 2.05) is 0 Å². The minimum Gasteiger partial charge on any atom is -0.395 e. The first-order chi connectivity index (χ1) is 3.80. The maximum Gasteiger partial charge on any atom is 0.123 e. The van der Waals surface area contributed by atoms with E-state index < -0.39 is 0 Å². The van der Waals surface area contributed by atoms with Gasteiger partial charge in [0.1, 0.15) is 17.3 Å². The Morgan fingerprint density at radius 2 is 2.62 bits per heavy atom. The maximum absolute atomic E-state index is 5.22. The molecule has 0 unspecified atom stereocenters. The van der Waals surface area contributed by atoms with Crippen molar-refractivity contribution in [2.24, 2.45) is 10.9 Å². The minimum absolute atomic E-state index is 0.350. The van der Waals surface area contributed by atoms with Gasteiger partial charge in [-0.15, -0.1) is 0 Å². The van der Waals surface area contributed by atoms with Crippen molar-refractivity contribution < 1.29 is 4.84 Å². The molecule has 3 nitrogen and oxygen atoms in total. The Bertz CT molecular complexity index is 143. The lowest BCUT2D eigenvalue weighted by Gasteiger charge is -1.86. The van der Waals surface area contributed by atoms with Crippen LogP contribution in [0.5, 0.6) is 0 Å². The van der Waals surface area contributed by atoms with Crippen molar-refractivity contribution in [1.82, 2.24) is 0 Å². The number of nitrogens with zero attached hydrogens (tertiary/aromatic N) is 1. The van der Waals surface area contributed by atoms with Gasteiger partial charge in [0.15, 0.2) is 0 Å². The van der Waals surface area contributed by atoms with Gasteiger partial charge in [0.25, 0.3) is 0 Å². The topological polar surface area (TPSA) is 47.6 Å². The molecule has 0 amide bonds. The Balaban J connectivity index is 2.57. The van der Waals surface area contributed by atoms with Crippen molar-refractivity contribution in [3.8, 4) is 0 Å². The van der Waals surface area contributed by atoms with Crippen LogP contribution >= 0.6 is 12.2 Å². The van der Waals surface area contributed by atoms with Gasteiger partial charge in [0.2, 0.25) is 0 Å². The molecular formula is C4H6N2OS. The highest BCUT2D eigenvalue weighted by molar-refractivity contribution is 7.82. The summed E-state index contributed by atoms with van der Waals surface area (Å²) >= 11 is 4.62. The third-order valence-corrected chi connectivity index (χ3v) is 1.12. The Hall–Kier alpha value is -0.640. The second-order valence-electron chi connectivity index (χ2n) is 1.49. The van der Waals surface area contributed by atoms with Crippen LogP contribution in [0.4, 0.5) is 0 Å². The summed E-state index contributed by atoms with van der Waals surface area (Å²) in [6.45, 7) is 0.618. The van der Waals surface area contributed by atoms with E-state index in [0.29, 0.717) is 17.3 Å². The summed E-state index contributed by atoms with van der Waals surface area (Å²) in [5.41, 5.74) is 5.93. The van der Waals surface area contributed by atoms with Gasteiger partial charge >= 0.3 is 0 Å². The molecule has 0 aromatic carbocycles. The molecule has 1 heterocycles. The summed E-state index contributed by atoms with van der Waals surface area (Å²) < 4.78 is 0. The lowest BCUT2D eigenvalue weighted by molar-refractivity contribution is 0.174. The SMILES string of the molecule is NC(=S)C1=NOCC1. The highest BCUT2D eigenvalue weighted by Gasteiger charge is 2.08. The monoisotopic (exact) mass is 130 g/mol. The van der Waals surface area contributed by atoms with Gasteiger partial charge in [-0.05, 0) is 0 Å². The molecule has 1 aliphatic rings. The number of rotatable bonds is 1. The second kappa shape index (κ2) is 2.09. The molecule has 0 fully saturated rings. The Morgan fingerprint density at radius 1 is 1.88 bits per heavy atom. The van der Waals surface area contributed by atoms with E-state index in [1.54, 1.807) is 0 Å². The van der Waals surface area contributed by atoms with Gasteiger partial charge < -0.3 is 10.6 Å². The molecule has 2 N–H and O–H groups in total. The molecule has 8 heavy (non-hydrogen) atoms. The van der Waals surface area contributed by atoms with E-state index in [2.05, 4.69) is 22.2 Å². The summed E-state index contributed by atoms with van der Waals surface area (Å²) in [5, 5.41) is 3.59. The van der Waals surface area contributed by atoms with Crippen molar-refractivity contribution >= 4 is 22.9 Å². The van der Waals surface area contributed by atoms with Gasteiger partial charge in [-0.3, -0.25) is 0 Å². The molecule has 0 saturated heterocycles. The van der Waals surface area contributed by atoms with Crippen LogP contribution in [0.3, 0.4) is 0 Å². The largest absolute Gasteiger partial charge is 0.395 e. The molecule has 1 aliphatic heterocycles. The molecule has 0 saturated carbocycles. The van der Waals surface area contributed by atoms with Gasteiger partial charge in [-0.2, -0.15) is 0 Å². The fourth-order valence-electron chi connectivity index (χ4n) is 0.480. The minimum atomic E-state index is 0.350. The van der Waals surface area contributed by atoms with Crippen LogP contribution in [0.25, 0.3) is 0 Å². The number of thiocarbonyl (C=S) groups is 1. The molecule has 4 heteroatoms. The van der Waals surface area contributed by atoms with Crippen LogP contribution in [0.1, 0.15) is 6.42 Å². The Morgan fingerprint density at radius 3 is 2.88 bits per heavy atom. The molecule has 0 radical (unpaired) electrons. The smallest absolute Gasteiger partial charge is 0.123 e. The number of hydrogen-bond donors (Lipinski definition) is 1. The molecule has 0 spiro atoms. The highest BCUT2D eigenvalue weighted by atomic mass is 32.1. The standard InChI is InChI=1S/C4H6N2OS/c5-4(8)3-1-2-7-6-3/h1-2H2,(H2,5,8). The number of hydrogen-bond acceptors (Lipinski definition) is 3. The Kier molecular flexibility index (Phi) is 1.43. The second-order valence-corrected chi connectivity index (χ2v) is 1.93. The predicted molar refractivity (Wildman–Crippen MR) is 34.8 cm³/mol. The zero-order valence-electron chi connectivity index (χ0n) is 4.26. The van der Waals surface area contributed by atoms with Crippen molar-refractivity contribution in [2.75, 3.05) is 6.61 Å². The third kappa shape index (κ3) is 0.949. The summed E-state index contributed by atoms with van der Waals surface area (Å²) in [5.74, 6) is 0. The molecule has 1 rings (SSSR count). The predicted octanol–water partition coefficient (Wildman–Crippen LogP) is 0.0488. The quantitative estimate of drug-likeness (QED) is 0.510. The average molecular weight is 130 g/mol. The summed E-state index contributed by atoms with van der Waals surface area (Å²) in [6.07, 6.45) is 0.759. The third-order valence-electron chi connectivity index (χ3n) is 0.889. The van der Waals surface area contributed by atoms with Gasteiger partial charge in [0.05, 0.1) is 0 Å². The summed E-state index contributed by atoms with van der Waals surface area (Å²) in [7, 11) is 0. The summed E-state index contributed by atoms with van der Waals surface area (Å²) in [4.78, 5) is 4.99.